The normalized spacial score (nSPS) is 12.2. The third-order valence-electron chi connectivity index (χ3n) is 2.44. The molecule has 3 nitrogen and oxygen atoms in total. The molecule has 0 bridgehead atoms. The van der Waals surface area contributed by atoms with Crippen molar-refractivity contribution in [2.24, 2.45) is 5.73 Å². The minimum absolute atomic E-state index is 0.0490. The second-order valence-electron chi connectivity index (χ2n) is 3.89. The smallest absolute Gasteiger partial charge is 0.238 e. The molecular weight excluding hydrogens is 224 g/mol. The largest absolute Gasteiger partial charge is 0.344 e. The molecule has 1 unspecified atom stereocenters. The third kappa shape index (κ3) is 3.51. The first-order chi connectivity index (χ1) is 7.52. The zero-order chi connectivity index (χ0) is 12.1. The molecule has 0 fully saturated rings. The van der Waals surface area contributed by atoms with Crippen LogP contribution in [-0.4, -0.2) is 30.4 Å². The molecule has 0 aliphatic heterocycles. The molecule has 4 heteroatoms. The van der Waals surface area contributed by atoms with E-state index in [1.54, 1.807) is 18.9 Å². The van der Waals surface area contributed by atoms with Gasteiger partial charge in [-0.1, -0.05) is 29.8 Å². The summed E-state index contributed by atoms with van der Waals surface area (Å²) in [5, 5.41) is 0.740. The number of nitrogens with two attached hydrogens (primary N) is 1. The van der Waals surface area contributed by atoms with Gasteiger partial charge in [-0.15, -0.1) is 0 Å². The van der Waals surface area contributed by atoms with Gasteiger partial charge in [-0.25, -0.2) is 0 Å². The number of likely N-dealkylation sites (N-methyl/N-ethyl adjacent to an activating group) is 1. The molecule has 1 aromatic carbocycles. The Morgan fingerprint density at radius 1 is 1.50 bits per heavy atom. The van der Waals surface area contributed by atoms with Crippen LogP contribution in [0.15, 0.2) is 24.3 Å². The van der Waals surface area contributed by atoms with Gasteiger partial charge in [0.2, 0.25) is 5.91 Å². The summed E-state index contributed by atoms with van der Waals surface area (Å²) in [5.41, 5.74) is 6.57. The monoisotopic (exact) mass is 240 g/mol. The topological polar surface area (TPSA) is 46.3 Å². The Morgan fingerprint density at radius 2 is 2.12 bits per heavy atom. The van der Waals surface area contributed by atoms with Gasteiger partial charge in [-0.3, -0.25) is 4.79 Å². The lowest BCUT2D eigenvalue weighted by molar-refractivity contribution is -0.130. The molecule has 0 heterocycles. The molecule has 1 atom stereocenters. The van der Waals surface area contributed by atoms with Crippen molar-refractivity contribution < 1.29 is 4.79 Å². The number of carbonyl (C=O) groups is 1. The number of nitrogens with zero attached hydrogens (tertiary/aromatic N) is 1. The van der Waals surface area contributed by atoms with E-state index in [1.165, 1.54) is 0 Å². The lowest BCUT2D eigenvalue weighted by Gasteiger charge is -2.19. The SMILES string of the molecule is CC(N)C(=O)N(C)CCc1ccccc1Cl. The Kier molecular flexibility index (Phi) is 4.77. The van der Waals surface area contributed by atoms with Gasteiger partial charge >= 0.3 is 0 Å². The van der Waals surface area contributed by atoms with Gasteiger partial charge < -0.3 is 10.6 Å². The standard InChI is InChI=1S/C12H17ClN2O/c1-9(14)12(16)15(2)8-7-10-5-3-4-6-11(10)13/h3-6,9H,7-8,14H2,1-2H3. The van der Waals surface area contributed by atoms with Crippen LogP contribution in [0.3, 0.4) is 0 Å². The summed E-state index contributed by atoms with van der Waals surface area (Å²) in [7, 11) is 1.75. The molecule has 16 heavy (non-hydrogen) atoms. The van der Waals surface area contributed by atoms with Crippen molar-refractivity contribution in [3.05, 3.63) is 34.9 Å². The van der Waals surface area contributed by atoms with E-state index in [4.69, 9.17) is 17.3 Å². The molecule has 0 aliphatic carbocycles. The molecule has 0 aromatic heterocycles. The molecular formula is C12H17ClN2O. The van der Waals surface area contributed by atoms with Crippen molar-refractivity contribution in [3.63, 3.8) is 0 Å². The summed E-state index contributed by atoms with van der Waals surface area (Å²) in [6, 6.07) is 7.20. The molecule has 2 N–H and O–H groups in total. The van der Waals surface area contributed by atoms with Crippen molar-refractivity contribution in [2.75, 3.05) is 13.6 Å². The quantitative estimate of drug-likeness (QED) is 0.871. The maximum absolute atomic E-state index is 11.5. The Morgan fingerprint density at radius 3 is 2.69 bits per heavy atom. The van der Waals surface area contributed by atoms with Crippen LogP contribution < -0.4 is 5.73 Å². The van der Waals surface area contributed by atoms with Crippen molar-refractivity contribution in [3.8, 4) is 0 Å². The van der Waals surface area contributed by atoms with Crippen LogP contribution in [0.4, 0.5) is 0 Å². The van der Waals surface area contributed by atoms with E-state index in [0.717, 1.165) is 17.0 Å². The van der Waals surface area contributed by atoms with Crippen LogP contribution in [0.25, 0.3) is 0 Å². The summed E-state index contributed by atoms with van der Waals surface area (Å²) in [6.45, 7) is 2.32. The van der Waals surface area contributed by atoms with Crippen LogP contribution in [0.1, 0.15) is 12.5 Å². The Labute approximate surface area is 101 Å². The predicted octanol–water partition coefficient (Wildman–Crippen LogP) is 1.69. The first-order valence-electron chi connectivity index (χ1n) is 5.26. The zero-order valence-corrected chi connectivity index (χ0v) is 10.4. The summed E-state index contributed by atoms with van der Waals surface area (Å²) >= 11 is 6.02. The molecule has 1 aromatic rings. The van der Waals surface area contributed by atoms with Crippen LogP contribution in [0.2, 0.25) is 5.02 Å². The van der Waals surface area contributed by atoms with Crippen molar-refractivity contribution >= 4 is 17.5 Å². The third-order valence-corrected chi connectivity index (χ3v) is 2.81. The first-order valence-corrected chi connectivity index (χ1v) is 5.64. The minimum atomic E-state index is -0.448. The zero-order valence-electron chi connectivity index (χ0n) is 9.61. The van der Waals surface area contributed by atoms with Gasteiger partial charge in [0.25, 0.3) is 0 Å². The number of benzene rings is 1. The number of halogens is 1. The van der Waals surface area contributed by atoms with Gasteiger partial charge in [0, 0.05) is 18.6 Å². The lowest BCUT2D eigenvalue weighted by Crippen LogP contribution is -2.40. The van der Waals surface area contributed by atoms with E-state index in [1.807, 2.05) is 24.3 Å². The first kappa shape index (κ1) is 13.0. The average Bonchev–Trinajstić information content (AvgIpc) is 2.26. The van der Waals surface area contributed by atoms with Gasteiger partial charge in [-0.05, 0) is 25.0 Å². The number of hydrogen-bond donors (Lipinski definition) is 1. The Bertz CT molecular complexity index is 366. The van der Waals surface area contributed by atoms with E-state index in [9.17, 15) is 4.79 Å². The highest BCUT2D eigenvalue weighted by Gasteiger charge is 2.13. The van der Waals surface area contributed by atoms with Crippen LogP contribution in [0.5, 0.6) is 0 Å². The summed E-state index contributed by atoms with van der Waals surface area (Å²) in [4.78, 5) is 13.1. The van der Waals surface area contributed by atoms with Crippen LogP contribution in [0, 0.1) is 0 Å². The summed E-state index contributed by atoms with van der Waals surface area (Å²) < 4.78 is 0. The van der Waals surface area contributed by atoms with E-state index >= 15 is 0 Å². The number of hydrogen-bond acceptors (Lipinski definition) is 2. The van der Waals surface area contributed by atoms with Crippen molar-refractivity contribution in [2.45, 2.75) is 19.4 Å². The Balaban J connectivity index is 2.52. The van der Waals surface area contributed by atoms with Crippen LogP contribution >= 0.6 is 11.6 Å². The van der Waals surface area contributed by atoms with Crippen molar-refractivity contribution in [1.29, 1.82) is 0 Å². The van der Waals surface area contributed by atoms with Crippen molar-refractivity contribution in [1.82, 2.24) is 4.90 Å². The number of rotatable bonds is 4. The molecule has 1 amide bonds. The molecule has 88 valence electrons. The van der Waals surface area contributed by atoms with E-state index in [0.29, 0.717) is 6.54 Å². The highest BCUT2D eigenvalue weighted by Crippen LogP contribution is 2.15. The van der Waals surface area contributed by atoms with Gasteiger partial charge in [0.15, 0.2) is 0 Å². The lowest BCUT2D eigenvalue weighted by atomic mass is 10.1. The maximum atomic E-state index is 11.5. The fourth-order valence-corrected chi connectivity index (χ4v) is 1.68. The maximum Gasteiger partial charge on any atom is 0.238 e. The van der Waals surface area contributed by atoms with E-state index < -0.39 is 6.04 Å². The summed E-state index contributed by atoms with van der Waals surface area (Å²) in [5.74, 6) is -0.0490. The fraction of sp³-hybridized carbons (Fsp3) is 0.417. The van der Waals surface area contributed by atoms with E-state index in [2.05, 4.69) is 0 Å². The molecule has 0 saturated heterocycles. The minimum Gasteiger partial charge on any atom is -0.344 e. The molecule has 0 aliphatic rings. The van der Waals surface area contributed by atoms with Gasteiger partial charge in [0.05, 0.1) is 6.04 Å². The highest BCUT2D eigenvalue weighted by molar-refractivity contribution is 6.31. The number of amides is 1. The van der Waals surface area contributed by atoms with Gasteiger partial charge in [0.1, 0.15) is 0 Å². The van der Waals surface area contributed by atoms with E-state index in [-0.39, 0.29) is 5.91 Å². The van der Waals surface area contributed by atoms with Crippen LogP contribution in [-0.2, 0) is 11.2 Å². The molecule has 0 radical (unpaired) electrons. The fourth-order valence-electron chi connectivity index (χ4n) is 1.45. The predicted molar refractivity (Wildman–Crippen MR) is 66.4 cm³/mol. The highest BCUT2D eigenvalue weighted by atomic mass is 35.5. The molecule has 1 rings (SSSR count). The number of carbonyl (C=O) groups excluding carboxylic acids is 1. The summed E-state index contributed by atoms with van der Waals surface area (Å²) in [6.07, 6.45) is 0.745. The second kappa shape index (κ2) is 5.87. The Hall–Kier alpha value is -1.06. The molecule has 0 spiro atoms. The van der Waals surface area contributed by atoms with Gasteiger partial charge in [-0.2, -0.15) is 0 Å². The average molecular weight is 241 g/mol. The molecule has 0 saturated carbocycles. The second-order valence-corrected chi connectivity index (χ2v) is 4.30.